The van der Waals surface area contributed by atoms with Gasteiger partial charge in [-0.15, -0.1) is 0 Å². The maximum absolute atomic E-state index is 12.5. The number of nitrogens with two attached hydrogens (primary N) is 1. The molecule has 2 heterocycles. The van der Waals surface area contributed by atoms with Crippen molar-refractivity contribution in [3.8, 4) is 11.3 Å². The van der Waals surface area contributed by atoms with E-state index in [-0.39, 0.29) is 27.1 Å². The van der Waals surface area contributed by atoms with Crippen LogP contribution in [0.15, 0.2) is 88.1 Å². The summed E-state index contributed by atoms with van der Waals surface area (Å²) in [6.45, 7) is 1.55. The molecule has 0 unspecified atom stereocenters. The number of aromatic nitrogens is 2. The number of anilines is 1. The van der Waals surface area contributed by atoms with Gasteiger partial charge in [-0.3, -0.25) is 19.2 Å². The van der Waals surface area contributed by atoms with Crippen molar-refractivity contribution < 1.29 is 26.2 Å². The molecule has 0 aliphatic heterocycles. The Morgan fingerprint density at radius 3 is 2.08 bits per heavy atom. The molecular formula is C24H24N4O6S3. The fraction of sp³-hybridized carbons (Fsp3) is 0.125. The standard InChI is InChI=1S/C18H18N4O3S2.C6H6O3S/c1-12-17(27(19,24)25)26-18(21-12)22(2)16(23)11-13-6-8-14(9-7-13)15-5-3-4-10-20-15;7-10(8,9)6-4-2-1-3-5-6/h3-10H,11H2,1-2H3,(H2,19,24,25);1-5H,(H,7,8,9). The van der Waals surface area contributed by atoms with Crippen LogP contribution in [0.3, 0.4) is 0 Å². The van der Waals surface area contributed by atoms with E-state index in [9.17, 15) is 21.6 Å². The lowest BCUT2D eigenvalue weighted by atomic mass is 10.1. The maximum atomic E-state index is 12.5. The molecule has 4 aromatic rings. The highest BCUT2D eigenvalue weighted by Crippen LogP contribution is 2.28. The number of hydrogen-bond donors (Lipinski definition) is 2. The first-order valence-electron chi connectivity index (χ1n) is 10.7. The summed E-state index contributed by atoms with van der Waals surface area (Å²) < 4.78 is 52.3. The van der Waals surface area contributed by atoms with Crippen molar-refractivity contribution in [2.75, 3.05) is 11.9 Å². The van der Waals surface area contributed by atoms with Crippen molar-refractivity contribution in [1.29, 1.82) is 0 Å². The highest BCUT2D eigenvalue weighted by Gasteiger charge is 2.22. The molecule has 3 N–H and O–H groups in total. The van der Waals surface area contributed by atoms with Gasteiger partial charge in [-0.1, -0.05) is 59.9 Å². The van der Waals surface area contributed by atoms with Crippen molar-refractivity contribution in [2.24, 2.45) is 5.14 Å². The first-order chi connectivity index (χ1) is 17.4. The molecule has 10 nitrogen and oxygen atoms in total. The number of rotatable bonds is 6. The Morgan fingerprint density at radius 2 is 1.59 bits per heavy atom. The number of pyridine rings is 1. The van der Waals surface area contributed by atoms with Crippen molar-refractivity contribution >= 4 is 42.5 Å². The molecule has 0 radical (unpaired) electrons. The second-order valence-electron chi connectivity index (χ2n) is 7.74. The van der Waals surface area contributed by atoms with Crippen LogP contribution in [0, 0.1) is 6.92 Å². The summed E-state index contributed by atoms with van der Waals surface area (Å²) in [5.74, 6) is -0.199. The lowest BCUT2D eigenvalue weighted by Gasteiger charge is -2.13. The Morgan fingerprint density at radius 1 is 0.973 bits per heavy atom. The number of aryl methyl sites for hydroxylation is 1. The van der Waals surface area contributed by atoms with E-state index in [0.29, 0.717) is 5.13 Å². The fourth-order valence-electron chi connectivity index (χ4n) is 3.10. The van der Waals surface area contributed by atoms with Crippen molar-refractivity contribution in [3.63, 3.8) is 0 Å². The van der Waals surface area contributed by atoms with Crippen LogP contribution in [-0.4, -0.2) is 44.3 Å². The van der Waals surface area contributed by atoms with Crippen LogP contribution in [0.4, 0.5) is 5.13 Å². The molecule has 13 heteroatoms. The number of benzene rings is 2. The van der Waals surface area contributed by atoms with Crippen LogP contribution >= 0.6 is 11.3 Å². The van der Waals surface area contributed by atoms with E-state index in [2.05, 4.69) is 9.97 Å². The zero-order valence-corrected chi connectivity index (χ0v) is 22.3. The predicted octanol–water partition coefficient (Wildman–Crippen LogP) is 3.30. The summed E-state index contributed by atoms with van der Waals surface area (Å²) in [4.78, 5) is 22.3. The molecule has 4 rings (SSSR count). The summed E-state index contributed by atoms with van der Waals surface area (Å²) in [5, 5.41) is 5.46. The first kappa shape index (κ1) is 28.1. The number of nitrogens with zero attached hydrogens (tertiary/aromatic N) is 3. The average Bonchev–Trinajstić information content (AvgIpc) is 3.27. The minimum absolute atomic E-state index is 0.0307. The zero-order chi connectivity index (χ0) is 27.2. The Labute approximate surface area is 219 Å². The third kappa shape index (κ3) is 7.74. The summed E-state index contributed by atoms with van der Waals surface area (Å²) >= 11 is 0.886. The lowest BCUT2D eigenvalue weighted by Crippen LogP contribution is -2.27. The predicted molar refractivity (Wildman–Crippen MR) is 141 cm³/mol. The third-order valence-corrected chi connectivity index (χ3v) is 8.63. The van der Waals surface area contributed by atoms with Crippen LogP contribution in [0.1, 0.15) is 11.3 Å². The fourth-order valence-corrected chi connectivity index (χ4v) is 5.52. The molecule has 0 aliphatic carbocycles. The Bertz CT molecular complexity index is 1570. The number of primary sulfonamides is 1. The van der Waals surface area contributed by atoms with Gasteiger partial charge < -0.3 is 0 Å². The Hall–Kier alpha value is -3.49. The van der Waals surface area contributed by atoms with Gasteiger partial charge in [0.25, 0.3) is 10.1 Å². The van der Waals surface area contributed by atoms with E-state index < -0.39 is 20.1 Å². The number of likely N-dealkylation sites (N-methyl/N-ethyl adjacent to an activating group) is 1. The third-order valence-electron chi connectivity index (χ3n) is 4.97. The van der Waals surface area contributed by atoms with Gasteiger partial charge in [-0.2, -0.15) is 8.42 Å². The van der Waals surface area contributed by atoms with Gasteiger partial charge in [0, 0.05) is 18.8 Å². The molecule has 194 valence electrons. The second kappa shape index (κ2) is 11.7. The van der Waals surface area contributed by atoms with Crippen molar-refractivity contribution in [1.82, 2.24) is 9.97 Å². The number of hydrogen-bond acceptors (Lipinski definition) is 8. The van der Waals surface area contributed by atoms with Gasteiger partial charge in [0.15, 0.2) is 9.34 Å². The first-order valence-corrected chi connectivity index (χ1v) is 14.5. The quantitative estimate of drug-likeness (QED) is 0.340. The van der Waals surface area contributed by atoms with E-state index in [1.807, 2.05) is 42.5 Å². The molecule has 0 saturated heterocycles. The van der Waals surface area contributed by atoms with Gasteiger partial charge >= 0.3 is 0 Å². The molecule has 0 fully saturated rings. The average molecular weight is 561 g/mol. The normalized spacial score (nSPS) is 11.4. The number of carbonyl (C=O) groups excluding carboxylic acids is 1. The van der Waals surface area contributed by atoms with Crippen LogP contribution in [0.2, 0.25) is 0 Å². The SMILES string of the molecule is Cc1nc(N(C)C(=O)Cc2ccc(-c3ccccn3)cc2)sc1S(N)(=O)=O.O=S(=O)(O)c1ccccc1. The molecule has 0 aliphatic rings. The summed E-state index contributed by atoms with van der Waals surface area (Å²) in [6, 6.07) is 20.7. The lowest BCUT2D eigenvalue weighted by molar-refractivity contribution is -0.117. The number of amides is 1. The van der Waals surface area contributed by atoms with E-state index in [4.69, 9.17) is 9.69 Å². The smallest absolute Gasteiger partial charge is 0.291 e. The van der Waals surface area contributed by atoms with E-state index >= 15 is 0 Å². The van der Waals surface area contributed by atoms with Gasteiger partial charge in [0.2, 0.25) is 15.9 Å². The largest absolute Gasteiger partial charge is 0.294 e. The van der Waals surface area contributed by atoms with Crippen LogP contribution in [0.5, 0.6) is 0 Å². The van der Waals surface area contributed by atoms with Gasteiger partial charge in [0.05, 0.1) is 22.7 Å². The van der Waals surface area contributed by atoms with Crippen molar-refractivity contribution in [3.05, 3.63) is 90.3 Å². The molecular weight excluding hydrogens is 536 g/mol. The van der Waals surface area contributed by atoms with Crippen LogP contribution in [0.25, 0.3) is 11.3 Å². The van der Waals surface area contributed by atoms with Crippen LogP contribution < -0.4 is 10.0 Å². The minimum Gasteiger partial charge on any atom is -0.291 e. The Balaban J connectivity index is 0.000000319. The molecule has 1 amide bonds. The number of thiazole rings is 1. The van der Waals surface area contributed by atoms with Crippen molar-refractivity contribution in [2.45, 2.75) is 22.4 Å². The monoisotopic (exact) mass is 560 g/mol. The minimum atomic E-state index is -4.00. The molecule has 2 aromatic carbocycles. The van der Waals surface area contributed by atoms with Crippen LogP contribution in [-0.2, 0) is 31.4 Å². The summed E-state index contributed by atoms with van der Waals surface area (Å²) in [5.41, 5.74) is 2.96. The highest BCUT2D eigenvalue weighted by molar-refractivity contribution is 7.91. The summed E-state index contributed by atoms with van der Waals surface area (Å²) in [6.07, 6.45) is 1.90. The van der Waals surface area contributed by atoms with Gasteiger partial charge in [-0.05, 0) is 36.8 Å². The van der Waals surface area contributed by atoms with E-state index in [1.54, 1.807) is 38.4 Å². The van der Waals surface area contributed by atoms with E-state index in [1.165, 1.54) is 17.0 Å². The molecule has 0 spiro atoms. The second-order valence-corrected chi connectivity index (χ2v) is 11.9. The van der Waals surface area contributed by atoms with Gasteiger partial charge in [0.1, 0.15) is 0 Å². The zero-order valence-electron chi connectivity index (χ0n) is 19.8. The summed E-state index contributed by atoms with van der Waals surface area (Å²) in [7, 11) is -6.29. The van der Waals surface area contributed by atoms with Gasteiger partial charge in [-0.25, -0.2) is 18.5 Å². The highest BCUT2D eigenvalue weighted by atomic mass is 32.2. The van der Waals surface area contributed by atoms with E-state index in [0.717, 1.165) is 28.2 Å². The topological polar surface area (TPSA) is 161 Å². The molecule has 2 aromatic heterocycles. The molecule has 37 heavy (non-hydrogen) atoms. The number of sulfonamides is 1. The Kier molecular flexibility index (Phi) is 8.89. The molecule has 0 saturated carbocycles. The number of carbonyl (C=O) groups is 1. The maximum Gasteiger partial charge on any atom is 0.294 e. The molecule has 0 atom stereocenters. The molecule has 0 bridgehead atoms.